The summed E-state index contributed by atoms with van der Waals surface area (Å²) in [4.78, 5) is 17.4. The molecule has 6 heteroatoms. The lowest BCUT2D eigenvalue weighted by Gasteiger charge is -2.28. The summed E-state index contributed by atoms with van der Waals surface area (Å²) in [5.41, 5.74) is 1.08. The molecule has 1 aliphatic rings. The maximum Gasteiger partial charge on any atom is 0.321 e. The van der Waals surface area contributed by atoms with Gasteiger partial charge in [0.25, 0.3) is 0 Å². The number of carbonyl (C=O) groups excluding carboxylic acids is 1. The van der Waals surface area contributed by atoms with Crippen molar-refractivity contribution in [3.63, 3.8) is 0 Å². The molecule has 0 aliphatic carbocycles. The Morgan fingerprint density at radius 2 is 2.28 bits per heavy atom. The Hall–Kier alpha value is -1.69. The van der Waals surface area contributed by atoms with E-state index in [4.69, 9.17) is 5.11 Å². The second-order valence-corrected chi connectivity index (χ2v) is 4.29. The van der Waals surface area contributed by atoms with Gasteiger partial charge in [-0.15, -0.1) is 0 Å². The number of nitrogens with one attached hydrogen (secondary N) is 1. The van der Waals surface area contributed by atoms with Crippen LogP contribution < -0.4 is 5.32 Å². The number of nitrogens with zero attached hydrogens (tertiary/aromatic N) is 2. The first-order valence-electron chi connectivity index (χ1n) is 5.95. The van der Waals surface area contributed by atoms with E-state index in [1.54, 1.807) is 17.0 Å². The third-order valence-corrected chi connectivity index (χ3v) is 2.94. The predicted octanol–water partition coefficient (Wildman–Crippen LogP) is 1.54. The van der Waals surface area contributed by atoms with Crippen molar-refractivity contribution >= 4 is 11.7 Å². The summed E-state index contributed by atoms with van der Waals surface area (Å²) >= 11 is 0. The van der Waals surface area contributed by atoms with Gasteiger partial charge in [0.05, 0.1) is 12.3 Å². The van der Waals surface area contributed by atoms with Gasteiger partial charge in [0.15, 0.2) is 0 Å². The molecule has 0 saturated carbocycles. The molecule has 0 spiro atoms. The van der Waals surface area contributed by atoms with Crippen molar-refractivity contribution in [3.05, 3.63) is 24.0 Å². The zero-order chi connectivity index (χ0) is 13.0. The van der Waals surface area contributed by atoms with Crippen molar-refractivity contribution in [2.45, 2.75) is 25.6 Å². The molecular weight excluding hydrogens is 237 g/mol. The molecule has 1 aromatic rings. The Bertz CT molecular complexity index is 420. The summed E-state index contributed by atoms with van der Waals surface area (Å²) in [6.45, 7) is 0.701. The predicted molar refractivity (Wildman–Crippen MR) is 64.9 cm³/mol. The van der Waals surface area contributed by atoms with Gasteiger partial charge in [-0.05, 0) is 25.0 Å². The number of anilines is 1. The van der Waals surface area contributed by atoms with Crippen molar-refractivity contribution in [1.29, 1.82) is 0 Å². The molecule has 1 aliphatic heterocycles. The number of aliphatic hydroxyl groups excluding tert-OH is 1. The first-order valence-corrected chi connectivity index (χ1v) is 5.95. The van der Waals surface area contributed by atoms with Crippen LogP contribution in [-0.2, 0) is 6.61 Å². The highest BCUT2D eigenvalue weighted by Crippen LogP contribution is 2.15. The van der Waals surface area contributed by atoms with Crippen LogP contribution in [0.15, 0.2) is 18.3 Å². The van der Waals surface area contributed by atoms with Crippen LogP contribution in [0.1, 0.15) is 18.5 Å². The van der Waals surface area contributed by atoms with Gasteiger partial charge in [-0.3, -0.25) is 4.98 Å². The third kappa shape index (κ3) is 3.16. The summed E-state index contributed by atoms with van der Waals surface area (Å²) in [6.07, 6.45) is 1.52. The molecule has 18 heavy (non-hydrogen) atoms. The highest BCUT2D eigenvalue weighted by molar-refractivity contribution is 5.89. The van der Waals surface area contributed by atoms with E-state index in [0.717, 1.165) is 0 Å². The van der Waals surface area contributed by atoms with E-state index in [1.165, 1.54) is 6.20 Å². The first kappa shape index (κ1) is 12.8. The number of aromatic nitrogens is 1. The van der Waals surface area contributed by atoms with Gasteiger partial charge >= 0.3 is 6.03 Å². The Kier molecular flexibility index (Phi) is 4.09. The third-order valence-electron chi connectivity index (χ3n) is 2.94. The van der Waals surface area contributed by atoms with E-state index in [0.29, 0.717) is 37.3 Å². The SMILES string of the molecule is O=C(Nc1ccnc(CO)c1)N1CCC(F)CC1. The lowest BCUT2D eigenvalue weighted by molar-refractivity contribution is 0.162. The molecule has 1 saturated heterocycles. The van der Waals surface area contributed by atoms with E-state index in [2.05, 4.69) is 10.3 Å². The van der Waals surface area contributed by atoms with E-state index in [1.807, 2.05) is 0 Å². The first-order chi connectivity index (χ1) is 8.69. The molecule has 2 heterocycles. The topological polar surface area (TPSA) is 65.5 Å². The lowest BCUT2D eigenvalue weighted by atomic mass is 10.1. The Labute approximate surface area is 105 Å². The molecule has 0 unspecified atom stereocenters. The van der Waals surface area contributed by atoms with Crippen molar-refractivity contribution in [3.8, 4) is 0 Å². The van der Waals surface area contributed by atoms with Crippen molar-refractivity contribution in [2.75, 3.05) is 18.4 Å². The van der Waals surface area contributed by atoms with Gasteiger partial charge in [-0.2, -0.15) is 0 Å². The molecule has 0 aromatic carbocycles. The number of halogens is 1. The monoisotopic (exact) mass is 253 g/mol. The second kappa shape index (κ2) is 5.77. The molecule has 2 rings (SSSR count). The van der Waals surface area contributed by atoms with Crippen LogP contribution in [0, 0.1) is 0 Å². The van der Waals surface area contributed by atoms with E-state index in [9.17, 15) is 9.18 Å². The van der Waals surface area contributed by atoms with Gasteiger partial charge in [0, 0.05) is 25.0 Å². The van der Waals surface area contributed by atoms with E-state index >= 15 is 0 Å². The molecular formula is C12H16FN3O2. The number of amides is 2. The maximum absolute atomic E-state index is 13.0. The number of carbonyl (C=O) groups is 1. The van der Waals surface area contributed by atoms with Gasteiger partial charge in [0.2, 0.25) is 0 Å². The number of hydrogen-bond acceptors (Lipinski definition) is 3. The van der Waals surface area contributed by atoms with Crippen LogP contribution in [0.25, 0.3) is 0 Å². The number of rotatable bonds is 2. The van der Waals surface area contributed by atoms with Crippen molar-refractivity contribution in [2.24, 2.45) is 0 Å². The van der Waals surface area contributed by atoms with Crippen LogP contribution >= 0.6 is 0 Å². The zero-order valence-electron chi connectivity index (χ0n) is 9.97. The fourth-order valence-electron chi connectivity index (χ4n) is 1.90. The fraction of sp³-hybridized carbons (Fsp3) is 0.500. The maximum atomic E-state index is 13.0. The number of urea groups is 1. The van der Waals surface area contributed by atoms with Crippen LogP contribution in [0.3, 0.4) is 0 Å². The number of alkyl halides is 1. The largest absolute Gasteiger partial charge is 0.390 e. The summed E-state index contributed by atoms with van der Waals surface area (Å²) in [6, 6.07) is 3.02. The van der Waals surface area contributed by atoms with E-state index < -0.39 is 6.17 Å². The van der Waals surface area contributed by atoms with Crippen LogP contribution in [0.5, 0.6) is 0 Å². The summed E-state index contributed by atoms with van der Waals surface area (Å²) in [5, 5.41) is 11.7. The molecule has 98 valence electrons. The van der Waals surface area contributed by atoms with Gasteiger partial charge in [0.1, 0.15) is 6.17 Å². The molecule has 2 amide bonds. The highest BCUT2D eigenvalue weighted by Gasteiger charge is 2.22. The van der Waals surface area contributed by atoms with Crippen molar-refractivity contribution < 1.29 is 14.3 Å². The van der Waals surface area contributed by atoms with Gasteiger partial charge < -0.3 is 15.3 Å². The van der Waals surface area contributed by atoms with Crippen LogP contribution in [0.2, 0.25) is 0 Å². The standard InChI is InChI=1S/C12H16FN3O2/c13-9-2-5-16(6-3-9)12(18)15-10-1-4-14-11(7-10)8-17/h1,4,7,9,17H,2-3,5-6,8H2,(H,14,15,18). The average molecular weight is 253 g/mol. The minimum atomic E-state index is -0.795. The Morgan fingerprint density at radius 1 is 1.56 bits per heavy atom. The molecule has 5 nitrogen and oxygen atoms in total. The second-order valence-electron chi connectivity index (χ2n) is 4.29. The molecule has 1 fully saturated rings. The van der Waals surface area contributed by atoms with Crippen LogP contribution in [0.4, 0.5) is 14.9 Å². The minimum Gasteiger partial charge on any atom is -0.390 e. The Balaban J connectivity index is 1.94. The number of likely N-dealkylation sites (tertiary alicyclic amines) is 1. The molecule has 0 atom stereocenters. The van der Waals surface area contributed by atoms with Crippen molar-refractivity contribution in [1.82, 2.24) is 9.88 Å². The number of pyridine rings is 1. The zero-order valence-corrected chi connectivity index (χ0v) is 9.97. The molecule has 0 bridgehead atoms. The van der Waals surface area contributed by atoms with Gasteiger partial charge in [-0.25, -0.2) is 9.18 Å². The lowest BCUT2D eigenvalue weighted by Crippen LogP contribution is -2.41. The number of hydrogen-bond donors (Lipinski definition) is 2. The average Bonchev–Trinajstić information content (AvgIpc) is 2.39. The highest BCUT2D eigenvalue weighted by atomic mass is 19.1. The summed E-state index contributed by atoms with van der Waals surface area (Å²) in [7, 11) is 0. The molecule has 1 aromatic heterocycles. The fourth-order valence-corrected chi connectivity index (χ4v) is 1.90. The molecule has 0 radical (unpaired) electrons. The summed E-state index contributed by atoms with van der Waals surface area (Å²) in [5.74, 6) is 0. The molecule has 2 N–H and O–H groups in total. The Morgan fingerprint density at radius 3 is 2.94 bits per heavy atom. The number of aliphatic hydroxyl groups is 1. The van der Waals surface area contributed by atoms with Gasteiger partial charge in [-0.1, -0.05) is 0 Å². The number of piperidine rings is 1. The quantitative estimate of drug-likeness (QED) is 0.840. The van der Waals surface area contributed by atoms with E-state index in [-0.39, 0.29) is 12.6 Å². The smallest absolute Gasteiger partial charge is 0.321 e. The normalized spacial score (nSPS) is 16.7. The van der Waals surface area contributed by atoms with Crippen LogP contribution in [-0.4, -0.2) is 40.3 Å². The summed E-state index contributed by atoms with van der Waals surface area (Å²) < 4.78 is 13.0. The minimum absolute atomic E-state index is 0.170.